The zero-order chi connectivity index (χ0) is 37.6. The van der Waals surface area contributed by atoms with E-state index in [1.807, 2.05) is 0 Å². The molecule has 0 N–H and O–H groups in total. The van der Waals surface area contributed by atoms with Gasteiger partial charge in [-0.2, -0.15) is 0 Å². The van der Waals surface area contributed by atoms with Gasteiger partial charge in [-0.05, 0) is 175 Å². The van der Waals surface area contributed by atoms with E-state index in [1.54, 1.807) is 0 Å². The summed E-state index contributed by atoms with van der Waals surface area (Å²) in [5, 5.41) is 14.7. The Hall–Kier alpha value is -7.38. The van der Waals surface area contributed by atoms with Gasteiger partial charge in [0.2, 0.25) is 0 Å². The van der Waals surface area contributed by atoms with Crippen molar-refractivity contribution < 1.29 is 0 Å². The summed E-state index contributed by atoms with van der Waals surface area (Å²) in [6, 6.07) is 61.5. The number of hydrogen-bond donors (Lipinski definition) is 0. The van der Waals surface area contributed by atoms with Gasteiger partial charge >= 0.3 is 0 Å². The van der Waals surface area contributed by atoms with Crippen molar-refractivity contribution in [1.82, 2.24) is 0 Å². The minimum atomic E-state index is 1.02. The van der Waals surface area contributed by atoms with E-state index in [2.05, 4.69) is 220 Å². The van der Waals surface area contributed by atoms with Crippen molar-refractivity contribution in [1.29, 1.82) is 0 Å². The predicted molar refractivity (Wildman–Crippen MR) is 241 cm³/mol. The molecule has 0 aliphatic heterocycles. The molecular weight excluding hydrogens is 673 g/mol. The quantitative estimate of drug-likeness (QED) is 0.0953. The van der Waals surface area contributed by atoms with Crippen LogP contribution in [-0.4, -0.2) is 0 Å². The summed E-state index contributed by atoms with van der Waals surface area (Å²) in [6.07, 6.45) is 4.42. The molecule has 0 spiro atoms. The summed E-state index contributed by atoms with van der Waals surface area (Å²) >= 11 is 0. The van der Waals surface area contributed by atoms with E-state index in [4.69, 9.17) is 0 Å². The molecule has 0 fully saturated rings. The van der Waals surface area contributed by atoms with Crippen LogP contribution in [0.5, 0.6) is 0 Å². The average molecular weight is 709 g/mol. The van der Waals surface area contributed by atoms with Crippen molar-refractivity contribution in [3.8, 4) is 23.7 Å². The van der Waals surface area contributed by atoms with E-state index in [1.165, 1.54) is 86.9 Å². The molecule has 0 saturated carbocycles. The summed E-state index contributed by atoms with van der Waals surface area (Å²) in [7, 11) is 0. The number of fused-ring (bicyclic) bond motifs is 6. The fourth-order valence-electron chi connectivity index (χ4n) is 7.76. The van der Waals surface area contributed by atoms with Gasteiger partial charge in [0.1, 0.15) is 0 Å². The fourth-order valence-corrected chi connectivity index (χ4v) is 7.76. The van der Waals surface area contributed by atoms with Crippen LogP contribution < -0.4 is 0 Å². The Labute approximate surface area is 327 Å². The van der Waals surface area contributed by atoms with Crippen LogP contribution in [0, 0.1) is 37.5 Å². The van der Waals surface area contributed by atoms with Crippen LogP contribution in [-0.2, 0) is 0 Å². The van der Waals surface area contributed by atoms with E-state index < -0.39 is 0 Å². The van der Waals surface area contributed by atoms with Gasteiger partial charge in [0.15, 0.2) is 0 Å². The van der Waals surface area contributed by atoms with Crippen molar-refractivity contribution in [3.05, 3.63) is 214 Å². The van der Waals surface area contributed by atoms with Crippen LogP contribution in [0.25, 0.3) is 76.8 Å². The first-order valence-electron chi connectivity index (χ1n) is 19.1. The number of benzene rings is 10. The van der Waals surface area contributed by atoms with Crippen molar-refractivity contribution in [2.45, 2.75) is 13.8 Å². The molecule has 10 aromatic carbocycles. The van der Waals surface area contributed by atoms with E-state index in [9.17, 15) is 0 Å². The van der Waals surface area contributed by atoms with Crippen LogP contribution in [0.1, 0.15) is 44.5 Å². The molecule has 0 heterocycles. The molecule has 0 saturated heterocycles. The molecule has 260 valence electrons. The lowest BCUT2D eigenvalue weighted by atomic mass is 9.99. The maximum atomic E-state index is 3.39. The van der Waals surface area contributed by atoms with E-state index >= 15 is 0 Å². The summed E-state index contributed by atoms with van der Waals surface area (Å²) in [6.45, 7) is 4.25. The minimum Gasteiger partial charge on any atom is -0.0616 e. The molecule has 10 aromatic rings. The van der Waals surface area contributed by atoms with Crippen molar-refractivity contribution in [3.63, 3.8) is 0 Å². The van der Waals surface area contributed by atoms with Crippen molar-refractivity contribution in [2.24, 2.45) is 0 Å². The number of aryl methyl sites for hydroxylation is 2. The summed E-state index contributed by atoms with van der Waals surface area (Å²) in [4.78, 5) is 0. The van der Waals surface area contributed by atoms with Crippen LogP contribution in [0.4, 0.5) is 0 Å². The molecular formula is C56H36. The van der Waals surface area contributed by atoms with Crippen molar-refractivity contribution in [2.75, 3.05) is 0 Å². The van der Waals surface area contributed by atoms with Gasteiger partial charge < -0.3 is 0 Å². The maximum Gasteiger partial charge on any atom is 0.0255 e. The second-order valence-corrected chi connectivity index (χ2v) is 15.0. The Kier molecular flexibility index (Phi) is 8.18. The Morgan fingerprint density at radius 1 is 0.250 bits per heavy atom. The third kappa shape index (κ3) is 6.78. The zero-order valence-electron chi connectivity index (χ0n) is 31.3. The zero-order valence-corrected chi connectivity index (χ0v) is 31.3. The lowest BCUT2D eigenvalue weighted by Gasteiger charge is -2.06. The van der Waals surface area contributed by atoms with Gasteiger partial charge in [-0.1, -0.05) is 132 Å². The smallest absolute Gasteiger partial charge is 0.0255 e. The van der Waals surface area contributed by atoms with Crippen LogP contribution in [0.3, 0.4) is 0 Å². The summed E-state index contributed by atoms with van der Waals surface area (Å²) in [5.41, 5.74) is 8.99. The average Bonchev–Trinajstić information content (AvgIpc) is 3.22. The fraction of sp³-hybridized carbons (Fsp3) is 0.0357. The molecule has 0 heteroatoms. The van der Waals surface area contributed by atoms with Crippen molar-refractivity contribution >= 4 is 76.8 Å². The molecule has 0 aliphatic rings. The van der Waals surface area contributed by atoms with E-state index in [-0.39, 0.29) is 0 Å². The molecule has 0 unspecified atom stereocenters. The SMILES string of the molecule is Cc1ccc2cc(C#Cc3ccc4cc5cc(C=Cc6ccc7cc8cc(C#Cc9ccc%10cc(C)ccc%10c9)ccc8cc7c6)ccc5cc4c3)ccc2c1. The normalized spacial score (nSPS) is 11.4. The molecule has 0 atom stereocenters. The topological polar surface area (TPSA) is 0 Å². The Bertz CT molecular complexity index is 3160. The van der Waals surface area contributed by atoms with Gasteiger partial charge in [-0.25, -0.2) is 0 Å². The highest BCUT2D eigenvalue weighted by Gasteiger charge is 2.04. The predicted octanol–water partition coefficient (Wildman–Crippen LogP) is 14.2. The third-order valence-electron chi connectivity index (χ3n) is 10.8. The highest BCUT2D eigenvalue weighted by molar-refractivity contribution is 6.01. The first-order valence-corrected chi connectivity index (χ1v) is 19.1. The van der Waals surface area contributed by atoms with Crippen LogP contribution in [0.15, 0.2) is 170 Å². The first kappa shape index (κ1) is 33.2. The maximum absolute atomic E-state index is 3.39. The van der Waals surface area contributed by atoms with Gasteiger partial charge in [-0.3, -0.25) is 0 Å². The molecule has 10 rings (SSSR count). The van der Waals surface area contributed by atoms with E-state index in [0.29, 0.717) is 0 Å². The number of rotatable bonds is 2. The molecule has 56 heavy (non-hydrogen) atoms. The summed E-state index contributed by atoms with van der Waals surface area (Å²) in [5.74, 6) is 13.5. The lowest BCUT2D eigenvalue weighted by molar-refractivity contribution is 1.50. The Morgan fingerprint density at radius 3 is 0.893 bits per heavy atom. The monoisotopic (exact) mass is 708 g/mol. The van der Waals surface area contributed by atoms with Crippen LogP contribution >= 0.6 is 0 Å². The number of hydrogen-bond acceptors (Lipinski definition) is 0. The molecule has 0 aromatic heterocycles. The Balaban J connectivity index is 0.863. The lowest BCUT2D eigenvalue weighted by Crippen LogP contribution is -1.82. The highest BCUT2D eigenvalue weighted by Crippen LogP contribution is 2.28. The molecule has 0 amide bonds. The summed E-state index contributed by atoms with van der Waals surface area (Å²) < 4.78 is 0. The molecule has 0 nitrogen and oxygen atoms in total. The Morgan fingerprint density at radius 2 is 0.518 bits per heavy atom. The second kappa shape index (κ2) is 13.8. The molecule has 0 radical (unpaired) electrons. The molecule has 0 bridgehead atoms. The van der Waals surface area contributed by atoms with Crippen LogP contribution in [0.2, 0.25) is 0 Å². The second-order valence-electron chi connectivity index (χ2n) is 15.0. The van der Waals surface area contributed by atoms with E-state index in [0.717, 1.165) is 22.3 Å². The standard InChI is InChI=1S/C56H36/c1-37-3-17-47-27-39(11-19-45(47)25-37)5-7-41-13-21-49-35-55-31-43(15-23-51(55)33-53(49)29-41)9-10-44-16-24-52-34-54-30-42(14-22-50(54)36-56(52)32-44)8-6-40-12-20-46-26-38(2)4-18-48(46)28-40/h3-4,9-36H,1-2H3. The van der Waals surface area contributed by atoms with Gasteiger partial charge in [0.05, 0.1) is 0 Å². The third-order valence-corrected chi connectivity index (χ3v) is 10.8. The van der Waals surface area contributed by atoms with Gasteiger partial charge in [0, 0.05) is 22.3 Å². The van der Waals surface area contributed by atoms with Gasteiger partial charge in [-0.15, -0.1) is 0 Å². The van der Waals surface area contributed by atoms with Gasteiger partial charge in [0.25, 0.3) is 0 Å². The highest BCUT2D eigenvalue weighted by atomic mass is 14.1. The largest absolute Gasteiger partial charge is 0.0616 e. The first-order chi connectivity index (χ1) is 27.4. The minimum absolute atomic E-state index is 1.02. The molecule has 0 aliphatic carbocycles.